The largest absolute Gasteiger partial charge is 0.462 e. The van der Waals surface area contributed by atoms with E-state index in [9.17, 15) is 4.79 Å². The van der Waals surface area contributed by atoms with Crippen molar-refractivity contribution in [3.05, 3.63) is 71.8 Å². The van der Waals surface area contributed by atoms with Gasteiger partial charge in [-0.05, 0) is 27.7 Å². The molecule has 2 aromatic rings. The fraction of sp³-hybridized carbons (Fsp3) is 0.300. The highest BCUT2D eigenvalue weighted by Gasteiger charge is 2.07. The van der Waals surface area contributed by atoms with Crippen molar-refractivity contribution < 1.29 is 9.53 Å². The second kappa shape index (κ2) is 9.57. The Morgan fingerprint density at radius 1 is 0.957 bits per heavy atom. The smallest absolute Gasteiger partial charge is 0.293 e. The lowest BCUT2D eigenvalue weighted by molar-refractivity contribution is -0.138. The van der Waals surface area contributed by atoms with E-state index < -0.39 is 0 Å². The van der Waals surface area contributed by atoms with Gasteiger partial charge in [0.05, 0.1) is 5.71 Å². The zero-order chi connectivity index (χ0) is 17.1. The maximum Gasteiger partial charge on any atom is 0.293 e. The molecule has 0 heterocycles. The molecule has 0 spiro atoms. The van der Waals surface area contributed by atoms with E-state index in [0.29, 0.717) is 6.47 Å². The van der Waals surface area contributed by atoms with Crippen LogP contribution in [0.5, 0.6) is 0 Å². The van der Waals surface area contributed by atoms with Crippen molar-refractivity contribution in [2.75, 3.05) is 6.54 Å². The van der Waals surface area contributed by atoms with Crippen molar-refractivity contribution in [2.24, 2.45) is 4.99 Å². The van der Waals surface area contributed by atoms with Crippen LogP contribution in [0.25, 0.3) is 0 Å². The van der Waals surface area contributed by atoms with Crippen LogP contribution in [0, 0.1) is 0 Å². The molecule has 0 radical (unpaired) electrons. The Bertz CT molecular complexity index is 557. The summed E-state index contributed by atoms with van der Waals surface area (Å²) in [5.41, 5.74) is 3.11. The summed E-state index contributed by atoms with van der Waals surface area (Å²) < 4.78 is 4.55. The zero-order valence-electron chi connectivity index (χ0n) is 14.3. The first kappa shape index (κ1) is 18.6. The highest BCUT2D eigenvalue weighted by Crippen LogP contribution is 2.10. The monoisotopic (exact) mass is 311 g/mol. The summed E-state index contributed by atoms with van der Waals surface area (Å²) in [6, 6.07) is 20.6. The summed E-state index contributed by atoms with van der Waals surface area (Å²) >= 11 is 0. The van der Waals surface area contributed by atoms with Gasteiger partial charge in [-0.1, -0.05) is 60.7 Å². The fourth-order valence-corrected chi connectivity index (χ4v) is 1.84. The number of ether oxygens (including phenoxy) is 1. The first-order chi connectivity index (χ1) is 11.0. The van der Waals surface area contributed by atoms with Crippen molar-refractivity contribution in [3.8, 4) is 0 Å². The Morgan fingerprint density at radius 3 is 1.65 bits per heavy atom. The third-order valence-corrected chi connectivity index (χ3v) is 2.81. The molecule has 3 nitrogen and oxygen atoms in total. The summed E-state index contributed by atoms with van der Waals surface area (Å²) in [6.07, 6.45) is 0. The molecule has 0 aliphatic heterocycles. The van der Waals surface area contributed by atoms with Crippen molar-refractivity contribution >= 4 is 12.2 Å². The minimum atomic E-state index is -0.318. The van der Waals surface area contributed by atoms with E-state index in [4.69, 9.17) is 0 Å². The number of benzene rings is 2. The topological polar surface area (TPSA) is 38.7 Å². The van der Waals surface area contributed by atoms with Crippen LogP contribution >= 0.6 is 0 Å². The average molecular weight is 311 g/mol. The molecule has 0 atom stereocenters. The minimum absolute atomic E-state index is 0.318. The molecule has 0 saturated heterocycles. The maximum atomic E-state index is 9.60. The van der Waals surface area contributed by atoms with Gasteiger partial charge in [0.2, 0.25) is 0 Å². The Kier molecular flexibility index (Phi) is 7.75. The fourth-order valence-electron chi connectivity index (χ4n) is 1.84. The summed E-state index contributed by atoms with van der Waals surface area (Å²) in [5.74, 6) is 0. The predicted molar refractivity (Wildman–Crippen MR) is 96.0 cm³/mol. The Labute approximate surface area is 139 Å². The molecular formula is C20H25NO2. The lowest BCUT2D eigenvalue weighted by Gasteiger charge is -2.14. The van der Waals surface area contributed by atoms with Crippen molar-refractivity contribution in [3.63, 3.8) is 0 Å². The lowest BCUT2D eigenvalue weighted by Crippen LogP contribution is -2.17. The van der Waals surface area contributed by atoms with Crippen LogP contribution in [0.1, 0.15) is 38.8 Å². The number of rotatable bonds is 4. The van der Waals surface area contributed by atoms with Crippen LogP contribution in [-0.2, 0) is 9.53 Å². The Morgan fingerprint density at radius 2 is 1.39 bits per heavy atom. The van der Waals surface area contributed by atoms with Crippen LogP contribution in [0.4, 0.5) is 0 Å². The lowest BCUT2D eigenvalue weighted by atomic mass is 10.0. The number of hydrogen-bond donors (Lipinski definition) is 0. The third kappa shape index (κ3) is 7.41. The molecular weight excluding hydrogens is 286 g/mol. The van der Waals surface area contributed by atoms with E-state index in [0.717, 1.165) is 12.3 Å². The van der Waals surface area contributed by atoms with Gasteiger partial charge < -0.3 is 4.74 Å². The standard InChI is InChI=1S/C15H15N.C5H10O2/c1-2-16-15(13-9-5-3-6-10-13)14-11-7-4-8-12-14;1-5(2,3)7-4-6/h3-12H,2H2,1H3;4H,1-3H3. The molecule has 0 amide bonds. The SMILES string of the molecule is CC(C)(C)OC=O.CCN=C(c1ccccc1)c1ccccc1. The molecule has 0 unspecified atom stereocenters. The van der Waals surface area contributed by atoms with Gasteiger partial charge in [-0.3, -0.25) is 9.79 Å². The van der Waals surface area contributed by atoms with Crippen LogP contribution in [0.2, 0.25) is 0 Å². The van der Waals surface area contributed by atoms with Gasteiger partial charge >= 0.3 is 0 Å². The molecule has 0 N–H and O–H groups in total. The van der Waals surface area contributed by atoms with Gasteiger partial charge in [-0.15, -0.1) is 0 Å². The van der Waals surface area contributed by atoms with E-state index in [2.05, 4.69) is 40.9 Å². The second-order valence-electron chi connectivity index (χ2n) is 5.88. The number of aliphatic imine (C=N–C) groups is 1. The molecule has 0 aliphatic carbocycles. The molecule has 122 valence electrons. The molecule has 2 aromatic carbocycles. The molecule has 0 bridgehead atoms. The number of carbonyl (C=O) groups is 1. The summed E-state index contributed by atoms with van der Waals surface area (Å²) in [5, 5.41) is 0. The highest BCUT2D eigenvalue weighted by molar-refractivity contribution is 6.12. The highest BCUT2D eigenvalue weighted by atomic mass is 16.5. The molecule has 23 heavy (non-hydrogen) atoms. The van der Waals surface area contributed by atoms with Gasteiger partial charge in [0, 0.05) is 17.7 Å². The molecule has 0 aliphatic rings. The summed E-state index contributed by atoms with van der Waals surface area (Å²) in [7, 11) is 0. The van der Waals surface area contributed by atoms with Crippen molar-refractivity contribution in [1.29, 1.82) is 0 Å². The summed E-state index contributed by atoms with van der Waals surface area (Å²) in [4.78, 5) is 14.2. The zero-order valence-corrected chi connectivity index (χ0v) is 14.3. The van der Waals surface area contributed by atoms with Gasteiger partial charge in [-0.25, -0.2) is 0 Å². The molecule has 0 fully saturated rings. The molecule has 0 saturated carbocycles. The second-order valence-corrected chi connectivity index (χ2v) is 5.88. The number of carbonyl (C=O) groups excluding carboxylic acids is 1. The Hall–Kier alpha value is -2.42. The van der Waals surface area contributed by atoms with E-state index in [1.54, 1.807) is 0 Å². The van der Waals surface area contributed by atoms with Crippen molar-refractivity contribution in [1.82, 2.24) is 0 Å². The number of hydrogen-bond acceptors (Lipinski definition) is 3. The third-order valence-electron chi connectivity index (χ3n) is 2.81. The van der Waals surface area contributed by atoms with E-state index >= 15 is 0 Å². The molecule has 2 rings (SSSR count). The van der Waals surface area contributed by atoms with E-state index in [-0.39, 0.29) is 5.60 Å². The average Bonchev–Trinajstić information content (AvgIpc) is 2.54. The molecule has 0 aromatic heterocycles. The predicted octanol–water partition coefficient (Wildman–Crippen LogP) is 4.50. The van der Waals surface area contributed by atoms with E-state index in [1.807, 2.05) is 57.2 Å². The van der Waals surface area contributed by atoms with Gasteiger partial charge in [0.1, 0.15) is 5.60 Å². The summed E-state index contributed by atoms with van der Waals surface area (Å²) in [6.45, 7) is 8.79. The van der Waals surface area contributed by atoms with Crippen molar-refractivity contribution in [2.45, 2.75) is 33.3 Å². The first-order valence-electron chi connectivity index (χ1n) is 7.74. The first-order valence-corrected chi connectivity index (χ1v) is 7.74. The maximum absolute atomic E-state index is 9.60. The normalized spacial score (nSPS) is 10.1. The van der Waals surface area contributed by atoms with Gasteiger partial charge in [0.25, 0.3) is 6.47 Å². The van der Waals surface area contributed by atoms with Crippen LogP contribution in [0.15, 0.2) is 65.7 Å². The van der Waals surface area contributed by atoms with Crippen LogP contribution in [-0.4, -0.2) is 24.3 Å². The molecule has 3 heteroatoms. The minimum Gasteiger partial charge on any atom is -0.462 e. The number of nitrogens with zero attached hydrogens (tertiary/aromatic N) is 1. The van der Waals surface area contributed by atoms with Crippen LogP contribution in [0.3, 0.4) is 0 Å². The van der Waals surface area contributed by atoms with Gasteiger partial charge in [0.15, 0.2) is 0 Å². The van der Waals surface area contributed by atoms with Gasteiger partial charge in [-0.2, -0.15) is 0 Å². The Balaban J connectivity index is 0.000000322. The van der Waals surface area contributed by atoms with Crippen LogP contribution < -0.4 is 0 Å². The quantitative estimate of drug-likeness (QED) is 0.616. The van der Waals surface area contributed by atoms with E-state index in [1.165, 1.54) is 11.1 Å².